The van der Waals surface area contributed by atoms with Gasteiger partial charge in [-0.3, -0.25) is 0 Å². The molecule has 2 N–H and O–H groups in total. The van der Waals surface area contributed by atoms with Gasteiger partial charge in [0.2, 0.25) is 0 Å². The van der Waals surface area contributed by atoms with Crippen molar-refractivity contribution in [3.63, 3.8) is 0 Å². The highest BCUT2D eigenvalue weighted by atomic mass is 14.9. The van der Waals surface area contributed by atoms with Crippen molar-refractivity contribution in [2.75, 3.05) is 5.32 Å². The normalized spacial score (nSPS) is 11.2. The summed E-state index contributed by atoms with van der Waals surface area (Å²) in [7, 11) is 0. The Morgan fingerprint density at radius 1 is 1.18 bits per heavy atom. The van der Waals surface area contributed by atoms with E-state index >= 15 is 0 Å². The molecule has 0 spiro atoms. The van der Waals surface area contributed by atoms with Gasteiger partial charge >= 0.3 is 0 Å². The average molecular weight is 224 g/mol. The summed E-state index contributed by atoms with van der Waals surface area (Å²) in [4.78, 5) is 3.06. The molecule has 0 atom stereocenters. The van der Waals surface area contributed by atoms with Crippen molar-refractivity contribution in [2.24, 2.45) is 0 Å². The number of anilines is 1. The molecule has 1 heterocycles. The molecule has 0 bridgehead atoms. The van der Waals surface area contributed by atoms with Crippen molar-refractivity contribution >= 4 is 5.69 Å². The van der Waals surface area contributed by atoms with Gasteiger partial charge in [-0.2, -0.15) is 0 Å². The van der Waals surface area contributed by atoms with Gasteiger partial charge < -0.3 is 10.3 Å². The first kappa shape index (κ1) is 11.3. The summed E-state index contributed by atoms with van der Waals surface area (Å²) < 4.78 is 0. The number of rotatable bonds is 4. The number of hydrogen-bond acceptors (Lipinski definition) is 1. The van der Waals surface area contributed by atoms with E-state index in [-0.39, 0.29) is 0 Å². The second kappa shape index (κ2) is 5.21. The maximum atomic E-state index is 3.67. The summed E-state index contributed by atoms with van der Waals surface area (Å²) in [5.74, 6) is 0. The average Bonchev–Trinajstić information content (AvgIpc) is 2.84. The Bertz CT molecular complexity index is 504. The van der Waals surface area contributed by atoms with Crippen molar-refractivity contribution in [3.8, 4) is 11.1 Å². The lowest BCUT2D eigenvalue weighted by molar-refractivity contribution is 1.38. The van der Waals surface area contributed by atoms with Crippen molar-refractivity contribution in [1.29, 1.82) is 0 Å². The molecule has 0 aliphatic heterocycles. The van der Waals surface area contributed by atoms with Crippen LogP contribution in [0.5, 0.6) is 0 Å². The van der Waals surface area contributed by atoms with E-state index in [4.69, 9.17) is 0 Å². The van der Waals surface area contributed by atoms with Gasteiger partial charge in [0.1, 0.15) is 0 Å². The van der Waals surface area contributed by atoms with Crippen LogP contribution in [0.3, 0.4) is 0 Å². The van der Waals surface area contributed by atoms with Gasteiger partial charge in [0, 0.05) is 23.8 Å². The first-order valence-electron chi connectivity index (χ1n) is 5.59. The number of aromatic amines is 1. The van der Waals surface area contributed by atoms with E-state index in [1.54, 1.807) is 6.08 Å². The lowest BCUT2D eigenvalue weighted by Crippen LogP contribution is -1.94. The summed E-state index contributed by atoms with van der Waals surface area (Å²) in [6.07, 6.45) is 7.64. The number of nitrogens with one attached hydrogen (secondary N) is 2. The minimum atomic E-state index is 1.08. The zero-order chi connectivity index (χ0) is 12.1. The Labute approximate surface area is 102 Å². The minimum absolute atomic E-state index is 1.08. The number of hydrogen-bond donors (Lipinski definition) is 2. The molecule has 86 valence electrons. The topological polar surface area (TPSA) is 27.8 Å². The van der Waals surface area contributed by atoms with E-state index in [1.165, 1.54) is 11.1 Å². The summed E-state index contributed by atoms with van der Waals surface area (Å²) in [5.41, 5.74) is 4.58. The Kier molecular flexibility index (Phi) is 3.46. The van der Waals surface area contributed by atoms with E-state index in [1.807, 2.05) is 25.4 Å². The molecule has 2 heteroatoms. The van der Waals surface area contributed by atoms with Crippen molar-refractivity contribution in [2.45, 2.75) is 6.92 Å². The van der Waals surface area contributed by atoms with E-state index in [0.717, 1.165) is 11.4 Å². The molecule has 0 saturated carbocycles. The first-order valence-corrected chi connectivity index (χ1v) is 5.59. The third kappa shape index (κ3) is 2.88. The molecule has 0 fully saturated rings. The predicted octanol–water partition coefficient (Wildman–Crippen LogP) is 4.18. The van der Waals surface area contributed by atoms with Crippen LogP contribution in [-0.4, -0.2) is 4.98 Å². The minimum Gasteiger partial charge on any atom is -0.367 e. The fourth-order valence-electron chi connectivity index (χ4n) is 1.70. The van der Waals surface area contributed by atoms with E-state index in [0.29, 0.717) is 0 Å². The molecule has 2 aromatic rings. The highest BCUT2D eigenvalue weighted by molar-refractivity contribution is 5.65. The van der Waals surface area contributed by atoms with Crippen LogP contribution in [0.15, 0.2) is 67.2 Å². The summed E-state index contributed by atoms with van der Waals surface area (Å²) in [6.45, 7) is 5.69. The van der Waals surface area contributed by atoms with Gasteiger partial charge in [0.05, 0.1) is 0 Å². The van der Waals surface area contributed by atoms with Gasteiger partial charge in [-0.25, -0.2) is 0 Å². The Morgan fingerprint density at radius 3 is 2.53 bits per heavy atom. The van der Waals surface area contributed by atoms with Gasteiger partial charge in [0.15, 0.2) is 0 Å². The highest BCUT2D eigenvalue weighted by Crippen LogP contribution is 2.21. The second-order valence-corrected chi connectivity index (χ2v) is 3.89. The van der Waals surface area contributed by atoms with Crippen LogP contribution < -0.4 is 5.32 Å². The fraction of sp³-hybridized carbons (Fsp3) is 0.0667. The van der Waals surface area contributed by atoms with Crippen LogP contribution in [-0.2, 0) is 0 Å². The smallest absolute Gasteiger partial charge is 0.0382 e. The maximum absolute atomic E-state index is 3.67. The van der Waals surface area contributed by atoms with E-state index in [2.05, 4.69) is 47.2 Å². The van der Waals surface area contributed by atoms with Crippen molar-refractivity contribution < 1.29 is 0 Å². The summed E-state index contributed by atoms with van der Waals surface area (Å²) in [6, 6.07) is 10.4. The molecule has 1 aromatic heterocycles. The van der Waals surface area contributed by atoms with Crippen LogP contribution in [0.4, 0.5) is 5.69 Å². The molecule has 0 unspecified atom stereocenters. The quantitative estimate of drug-likeness (QED) is 0.749. The van der Waals surface area contributed by atoms with Gasteiger partial charge in [-0.15, -0.1) is 0 Å². The molecular weight excluding hydrogens is 208 g/mol. The SMILES string of the molecule is C=C/C=C(/C)Nc1ccc(-c2cc[nH]c2)cc1. The van der Waals surface area contributed by atoms with Gasteiger partial charge in [-0.05, 0) is 42.3 Å². The number of benzene rings is 1. The molecule has 0 saturated heterocycles. The summed E-state index contributed by atoms with van der Waals surface area (Å²) >= 11 is 0. The lowest BCUT2D eigenvalue weighted by atomic mass is 10.1. The lowest BCUT2D eigenvalue weighted by Gasteiger charge is -2.06. The Balaban J connectivity index is 2.13. The molecule has 1 aromatic carbocycles. The first-order chi connectivity index (χ1) is 8.29. The van der Waals surface area contributed by atoms with Gasteiger partial charge in [-0.1, -0.05) is 24.8 Å². The van der Waals surface area contributed by atoms with Crippen LogP contribution >= 0.6 is 0 Å². The Hall–Kier alpha value is -2.22. The monoisotopic (exact) mass is 224 g/mol. The van der Waals surface area contributed by atoms with Crippen LogP contribution in [0.2, 0.25) is 0 Å². The molecule has 2 rings (SSSR count). The summed E-state index contributed by atoms with van der Waals surface area (Å²) in [5, 5.41) is 3.30. The number of aromatic nitrogens is 1. The third-order valence-electron chi connectivity index (χ3n) is 2.53. The van der Waals surface area contributed by atoms with Crippen LogP contribution in [0.1, 0.15) is 6.92 Å². The third-order valence-corrected chi connectivity index (χ3v) is 2.53. The van der Waals surface area contributed by atoms with Crippen molar-refractivity contribution in [3.05, 3.63) is 67.2 Å². The van der Waals surface area contributed by atoms with Gasteiger partial charge in [0.25, 0.3) is 0 Å². The second-order valence-electron chi connectivity index (χ2n) is 3.89. The molecule has 0 aliphatic rings. The predicted molar refractivity (Wildman–Crippen MR) is 73.8 cm³/mol. The van der Waals surface area contributed by atoms with Crippen molar-refractivity contribution in [1.82, 2.24) is 4.98 Å². The number of allylic oxidation sites excluding steroid dienone is 3. The maximum Gasteiger partial charge on any atom is 0.0382 e. The molecular formula is C15H16N2. The molecule has 2 nitrogen and oxygen atoms in total. The van der Waals surface area contributed by atoms with E-state index < -0.39 is 0 Å². The van der Waals surface area contributed by atoms with Crippen LogP contribution in [0, 0.1) is 0 Å². The molecule has 0 amide bonds. The number of H-pyrrole nitrogens is 1. The Morgan fingerprint density at radius 2 is 1.94 bits per heavy atom. The fourth-order valence-corrected chi connectivity index (χ4v) is 1.70. The largest absolute Gasteiger partial charge is 0.367 e. The standard InChI is InChI=1S/C15H16N2/c1-3-4-12(2)17-15-7-5-13(6-8-15)14-9-10-16-11-14/h3-11,16-17H,1H2,2H3/b12-4-. The highest BCUT2D eigenvalue weighted by Gasteiger charge is 1.97. The molecule has 0 radical (unpaired) electrons. The molecule has 17 heavy (non-hydrogen) atoms. The van der Waals surface area contributed by atoms with E-state index in [9.17, 15) is 0 Å². The van der Waals surface area contributed by atoms with Crippen LogP contribution in [0.25, 0.3) is 11.1 Å². The zero-order valence-corrected chi connectivity index (χ0v) is 9.90. The molecule has 0 aliphatic carbocycles. The zero-order valence-electron chi connectivity index (χ0n) is 9.90.